The molecule has 130 valence electrons. The number of hydrogen-bond acceptors (Lipinski definition) is 6. The zero-order valence-electron chi connectivity index (χ0n) is 13.6. The molecule has 0 fully saturated rings. The van der Waals surface area contributed by atoms with Gasteiger partial charge in [-0.05, 0) is 19.1 Å². The predicted molar refractivity (Wildman–Crippen MR) is 90.4 cm³/mol. The van der Waals surface area contributed by atoms with Crippen LogP contribution in [0.2, 0.25) is 0 Å². The molecule has 0 radical (unpaired) electrons. The van der Waals surface area contributed by atoms with Gasteiger partial charge in [-0.1, -0.05) is 36.9 Å². The SMILES string of the molecule is C=C(C)C(=O)OCC(O)Oc1ccc(C(=O)c2ccccc2)c(O)c1. The van der Waals surface area contributed by atoms with E-state index < -0.39 is 18.9 Å². The number of phenolic OH excluding ortho intramolecular Hbond substituents is 1. The Morgan fingerprint density at radius 3 is 2.44 bits per heavy atom. The first-order chi connectivity index (χ1) is 11.9. The summed E-state index contributed by atoms with van der Waals surface area (Å²) in [6.45, 7) is 4.51. The molecular weight excluding hydrogens is 324 g/mol. The average Bonchev–Trinajstić information content (AvgIpc) is 2.60. The molecule has 0 aliphatic rings. The van der Waals surface area contributed by atoms with Gasteiger partial charge in [-0.3, -0.25) is 4.79 Å². The zero-order chi connectivity index (χ0) is 18.4. The highest BCUT2D eigenvalue weighted by atomic mass is 16.6. The fourth-order valence-electron chi connectivity index (χ4n) is 1.98. The summed E-state index contributed by atoms with van der Waals surface area (Å²) in [6.07, 6.45) is -1.42. The van der Waals surface area contributed by atoms with Crippen LogP contribution in [0.15, 0.2) is 60.7 Å². The summed E-state index contributed by atoms with van der Waals surface area (Å²) < 4.78 is 9.90. The maximum atomic E-state index is 12.3. The quantitative estimate of drug-likeness (QED) is 0.347. The molecule has 0 amide bonds. The predicted octanol–water partition coefficient (Wildman–Crippen LogP) is 2.44. The van der Waals surface area contributed by atoms with Crippen molar-refractivity contribution in [3.05, 3.63) is 71.8 Å². The van der Waals surface area contributed by atoms with Crippen molar-refractivity contribution < 1.29 is 29.3 Å². The number of esters is 1. The maximum absolute atomic E-state index is 12.3. The van der Waals surface area contributed by atoms with Crippen molar-refractivity contribution in [2.45, 2.75) is 13.2 Å². The summed E-state index contributed by atoms with van der Waals surface area (Å²) in [4.78, 5) is 23.6. The van der Waals surface area contributed by atoms with E-state index >= 15 is 0 Å². The first-order valence-corrected chi connectivity index (χ1v) is 7.48. The third-order valence-corrected chi connectivity index (χ3v) is 3.23. The molecule has 2 aromatic carbocycles. The third-order valence-electron chi connectivity index (χ3n) is 3.23. The van der Waals surface area contributed by atoms with E-state index in [1.807, 2.05) is 0 Å². The van der Waals surface area contributed by atoms with Crippen molar-refractivity contribution in [2.24, 2.45) is 0 Å². The van der Waals surface area contributed by atoms with E-state index in [9.17, 15) is 19.8 Å². The Bertz CT molecular complexity index is 782. The summed E-state index contributed by atoms with van der Waals surface area (Å²) in [6, 6.07) is 12.6. The lowest BCUT2D eigenvalue weighted by Crippen LogP contribution is -2.24. The van der Waals surface area contributed by atoms with Gasteiger partial charge in [0.05, 0.1) is 5.56 Å². The topological polar surface area (TPSA) is 93.1 Å². The molecule has 6 heteroatoms. The van der Waals surface area contributed by atoms with Crippen molar-refractivity contribution in [1.29, 1.82) is 0 Å². The van der Waals surface area contributed by atoms with Crippen LogP contribution in [-0.4, -0.2) is 34.9 Å². The summed E-state index contributed by atoms with van der Waals surface area (Å²) in [7, 11) is 0. The normalized spacial score (nSPS) is 11.4. The van der Waals surface area contributed by atoms with E-state index in [1.165, 1.54) is 25.1 Å². The average molecular weight is 342 g/mol. The van der Waals surface area contributed by atoms with Crippen molar-refractivity contribution in [1.82, 2.24) is 0 Å². The van der Waals surface area contributed by atoms with Crippen LogP contribution >= 0.6 is 0 Å². The Kier molecular flexibility index (Phi) is 5.92. The van der Waals surface area contributed by atoms with Crippen molar-refractivity contribution in [2.75, 3.05) is 6.61 Å². The second kappa shape index (κ2) is 8.12. The summed E-state index contributed by atoms with van der Waals surface area (Å²) in [5.41, 5.74) is 0.758. The van der Waals surface area contributed by atoms with Gasteiger partial charge in [-0.2, -0.15) is 0 Å². The number of rotatable bonds is 7. The molecule has 2 aromatic rings. The smallest absolute Gasteiger partial charge is 0.333 e. The summed E-state index contributed by atoms with van der Waals surface area (Å²) in [5.74, 6) is -1.13. The van der Waals surface area contributed by atoms with E-state index in [1.54, 1.807) is 30.3 Å². The van der Waals surface area contributed by atoms with Gasteiger partial charge < -0.3 is 19.7 Å². The lowest BCUT2D eigenvalue weighted by Gasteiger charge is -2.14. The molecule has 0 saturated carbocycles. The van der Waals surface area contributed by atoms with Crippen LogP contribution in [-0.2, 0) is 9.53 Å². The third kappa shape index (κ3) is 4.92. The molecule has 2 rings (SSSR count). The first-order valence-electron chi connectivity index (χ1n) is 7.48. The fraction of sp³-hybridized carbons (Fsp3) is 0.158. The number of benzene rings is 2. The minimum atomic E-state index is -1.42. The molecule has 1 unspecified atom stereocenters. The number of ether oxygens (including phenoxy) is 2. The van der Waals surface area contributed by atoms with E-state index in [4.69, 9.17) is 9.47 Å². The molecule has 1 atom stereocenters. The van der Waals surface area contributed by atoms with Crippen LogP contribution in [0, 0.1) is 0 Å². The van der Waals surface area contributed by atoms with Crippen LogP contribution in [0.4, 0.5) is 0 Å². The molecule has 6 nitrogen and oxygen atoms in total. The highest BCUT2D eigenvalue weighted by Crippen LogP contribution is 2.26. The first kappa shape index (κ1) is 18.2. The van der Waals surface area contributed by atoms with Gasteiger partial charge in [0.15, 0.2) is 12.4 Å². The van der Waals surface area contributed by atoms with Crippen LogP contribution in [0.1, 0.15) is 22.8 Å². The van der Waals surface area contributed by atoms with Crippen molar-refractivity contribution >= 4 is 11.8 Å². The van der Waals surface area contributed by atoms with Gasteiger partial charge in [0.1, 0.15) is 11.5 Å². The monoisotopic (exact) mass is 342 g/mol. The molecule has 2 N–H and O–H groups in total. The van der Waals surface area contributed by atoms with E-state index in [0.29, 0.717) is 5.56 Å². The molecule has 0 aliphatic carbocycles. The highest BCUT2D eigenvalue weighted by molar-refractivity contribution is 6.10. The Morgan fingerprint density at radius 1 is 1.16 bits per heavy atom. The maximum Gasteiger partial charge on any atom is 0.333 e. The number of ketones is 1. The second-order valence-corrected chi connectivity index (χ2v) is 5.33. The molecule has 0 bridgehead atoms. The van der Waals surface area contributed by atoms with E-state index in [-0.39, 0.29) is 28.4 Å². The van der Waals surface area contributed by atoms with E-state index in [2.05, 4.69) is 6.58 Å². The van der Waals surface area contributed by atoms with Crippen molar-refractivity contribution in [3.8, 4) is 11.5 Å². The zero-order valence-corrected chi connectivity index (χ0v) is 13.6. The summed E-state index contributed by atoms with van der Waals surface area (Å²) >= 11 is 0. The van der Waals surface area contributed by atoms with Gasteiger partial charge in [0, 0.05) is 17.2 Å². The van der Waals surface area contributed by atoms with Gasteiger partial charge >= 0.3 is 5.97 Å². The molecular formula is C19H18O6. The number of phenols is 1. The molecule has 0 saturated heterocycles. The molecule has 25 heavy (non-hydrogen) atoms. The Hall–Kier alpha value is -3.12. The van der Waals surface area contributed by atoms with Crippen LogP contribution in [0.25, 0.3) is 0 Å². The second-order valence-electron chi connectivity index (χ2n) is 5.33. The lowest BCUT2D eigenvalue weighted by atomic mass is 10.0. The summed E-state index contributed by atoms with van der Waals surface area (Å²) in [5, 5.41) is 19.8. The van der Waals surface area contributed by atoms with Gasteiger partial charge in [-0.25, -0.2) is 4.79 Å². The van der Waals surface area contributed by atoms with Crippen LogP contribution < -0.4 is 4.74 Å². The number of aliphatic hydroxyl groups excluding tert-OH is 1. The Labute approximate surface area is 144 Å². The number of aliphatic hydroxyl groups is 1. The Balaban J connectivity index is 2.03. The standard InChI is InChI=1S/C19H18O6/c1-12(2)19(23)24-11-17(21)25-14-8-9-15(16(20)10-14)18(22)13-6-4-3-5-7-13/h3-10,17,20-21H,1,11H2,2H3. The lowest BCUT2D eigenvalue weighted by molar-refractivity contribution is -0.149. The largest absolute Gasteiger partial charge is 0.507 e. The molecule has 0 heterocycles. The number of hydrogen-bond donors (Lipinski definition) is 2. The molecule has 0 aromatic heterocycles. The number of carbonyl (C=O) groups excluding carboxylic acids is 2. The minimum absolute atomic E-state index is 0.113. The number of aromatic hydroxyl groups is 1. The minimum Gasteiger partial charge on any atom is -0.507 e. The van der Waals surface area contributed by atoms with Gasteiger partial charge in [0.2, 0.25) is 6.29 Å². The Morgan fingerprint density at radius 2 is 1.84 bits per heavy atom. The highest BCUT2D eigenvalue weighted by Gasteiger charge is 2.16. The molecule has 0 aliphatic heterocycles. The fourth-order valence-corrected chi connectivity index (χ4v) is 1.98. The van der Waals surface area contributed by atoms with Gasteiger partial charge in [-0.15, -0.1) is 0 Å². The number of carbonyl (C=O) groups is 2. The van der Waals surface area contributed by atoms with Gasteiger partial charge in [0.25, 0.3) is 0 Å². The molecule has 0 spiro atoms. The van der Waals surface area contributed by atoms with Crippen LogP contribution in [0.3, 0.4) is 0 Å². The van der Waals surface area contributed by atoms with Crippen molar-refractivity contribution in [3.63, 3.8) is 0 Å². The van der Waals surface area contributed by atoms with E-state index in [0.717, 1.165) is 0 Å². The van der Waals surface area contributed by atoms with Crippen LogP contribution in [0.5, 0.6) is 11.5 Å².